The molecule has 1 aliphatic rings. The van der Waals surface area contributed by atoms with Crippen molar-refractivity contribution in [1.82, 2.24) is 9.88 Å². The molecule has 4 nitrogen and oxygen atoms in total. The molecular formula is C11H18N2O2S. The van der Waals surface area contributed by atoms with E-state index in [1.807, 2.05) is 6.92 Å². The third-order valence-corrected chi connectivity index (χ3v) is 3.94. The molecule has 2 rings (SSSR count). The van der Waals surface area contributed by atoms with Crippen molar-refractivity contribution in [2.75, 3.05) is 32.9 Å². The highest BCUT2D eigenvalue weighted by Crippen LogP contribution is 2.20. The SMILES string of the molecule is Cc1nc(CN2CCOCC2)sc1CCO. The first kappa shape index (κ1) is 12.0. The van der Waals surface area contributed by atoms with Crippen LogP contribution in [-0.2, 0) is 17.7 Å². The van der Waals surface area contributed by atoms with E-state index in [0.29, 0.717) is 0 Å². The van der Waals surface area contributed by atoms with Gasteiger partial charge in [0, 0.05) is 31.0 Å². The normalized spacial score (nSPS) is 17.9. The van der Waals surface area contributed by atoms with Crippen LogP contribution >= 0.6 is 11.3 Å². The van der Waals surface area contributed by atoms with Gasteiger partial charge < -0.3 is 9.84 Å². The molecule has 0 radical (unpaired) electrons. The Bertz CT molecular complexity index is 335. The van der Waals surface area contributed by atoms with Crippen LogP contribution < -0.4 is 0 Å². The topological polar surface area (TPSA) is 45.6 Å². The lowest BCUT2D eigenvalue weighted by atomic mass is 10.3. The molecular weight excluding hydrogens is 224 g/mol. The maximum atomic E-state index is 8.93. The molecule has 0 bridgehead atoms. The molecule has 0 atom stereocenters. The largest absolute Gasteiger partial charge is 0.396 e. The summed E-state index contributed by atoms with van der Waals surface area (Å²) < 4.78 is 5.31. The standard InChI is InChI=1S/C11H18N2O2S/c1-9-10(2-5-14)16-11(12-9)8-13-3-6-15-7-4-13/h14H,2-8H2,1H3. The Morgan fingerprint density at radius 1 is 1.44 bits per heavy atom. The number of morpholine rings is 1. The van der Waals surface area contributed by atoms with Gasteiger partial charge in [0.05, 0.1) is 25.5 Å². The van der Waals surface area contributed by atoms with E-state index in [9.17, 15) is 0 Å². The zero-order chi connectivity index (χ0) is 11.4. The van der Waals surface area contributed by atoms with Crippen LogP contribution in [0.25, 0.3) is 0 Å². The summed E-state index contributed by atoms with van der Waals surface area (Å²) in [7, 11) is 0. The van der Waals surface area contributed by atoms with Crippen LogP contribution in [0.2, 0.25) is 0 Å². The van der Waals surface area contributed by atoms with Crippen molar-refractivity contribution in [3.63, 3.8) is 0 Å². The molecule has 1 aromatic heterocycles. The smallest absolute Gasteiger partial charge is 0.107 e. The zero-order valence-corrected chi connectivity index (χ0v) is 10.4. The number of nitrogens with zero attached hydrogens (tertiary/aromatic N) is 2. The molecule has 0 aromatic carbocycles. The van der Waals surface area contributed by atoms with Crippen molar-refractivity contribution in [3.8, 4) is 0 Å². The second kappa shape index (κ2) is 5.72. The number of aliphatic hydroxyl groups is 1. The average Bonchev–Trinajstić information content (AvgIpc) is 2.61. The van der Waals surface area contributed by atoms with E-state index in [1.54, 1.807) is 11.3 Å². The van der Waals surface area contributed by atoms with Gasteiger partial charge in [-0.2, -0.15) is 0 Å². The minimum absolute atomic E-state index is 0.208. The van der Waals surface area contributed by atoms with Crippen molar-refractivity contribution in [3.05, 3.63) is 15.6 Å². The Hall–Kier alpha value is -0.490. The van der Waals surface area contributed by atoms with Crippen molar-refractivity contribution in [2.45, 2.75) is 19.9 Å². The number of thiazole rings is 1. The summed E-state index contributed by atoms with van der Waals surface area (Å²) in [6, 6.07) is 0. The first-order valence-corrected chi connectivity index (χ1v) is 6.47. The van der Waals surface area contributed by atoms with E-state index in [0.717, 1.165) is 50.0 Å². The van der Waals surface area contributed by atoms with Crippen LogP contribution in [0.1, 0.15) is 15.6 Å². The van der Waals surface area contributed by atoms with E-state index in [4.69, 9.17) is 9.84 Å². The molecule has 0 unspecified atom stereocenters. The Morgan fingerprint density at radius 3 is 2.88 bits per heavy atom. The average molecular weight is 242 g/mol. The minimum atomic E-state index is 0.208. The third-order valence-electron chi connectivity index (χ3n) is 2.74. The Morgan fingerprint density at radius 2 is 2.19 bits per heavy atom. The van der Waals surface area contributed by atoms with Gasteiger partial charge in [-0.25, -0.2) is 4.98 Å². The van der Waals surface area contributed by atoms with Crippen LogP contribution in [0.4, 0.5) is 0 Å². The number of aromatic nitrogens is 1. The summed E-state index contributed by atoms with van der Waals surface area (Å²) in [6.07, 6.45) is 0.729. The van der Waals surface area contributed by atoms with Gasteiger partial charge in [-0.05, 0) is 6.92 Å². The second-order valence-corrected chi connectivity index (χ2v) is 5.15. The number of aryl methyl sites for hydroxylation is 1. The molecule has 1 aromatic rings. The van der Waals surface area contributed by atoms with Gasteiger partial charge in [0.15, 0.2) is 0 Å². The highest BCUT2D eigenvalue weighted by atomic mass is 32.1. The van der Waals surface area contributed by atoms with Gasteiger partial charge in [-0.3, -0.25) is 4.90 Å². The summed E-state index contributed by atoms with van der Waals surface area (Å²) in [5, 5.41) is 10.1. The Labute approximate surface area is 99.9 Å². The minimum Gasteiger partial charge on any atom is -0.396 e. The Balaban J connectivity index is 1.95. The summed E-state index contributed by atoms with van der Waals surface area (Å²) in [5.41, 5.74) is 1.07. The first-order chi connectivity index (χ1) is 7.79. The first-order valence-electron chi connectivity index (χ1n) is 5.65. The number of hydrogen-bond acceptors (Lipinski definition) is 5. The van der Waals surface area contributed by atoms with Crippen LogP contribution in [0.3, 0.4) is 0 Å². The number of aliphatic hydroxyl groups excluding tert-OH is 1. The van der Waals surface area contributed by atoms with E-state index >= 15 is 0 Å². The van der Waals surface area contributed by atoms with Crippen LogP contribution in [0, 0.1) is 6.92 Å². The van der Waals surface area contributed by atoms with E-state index in [2.05, 4.69) is 9.88 Å². The second-order valence-electron chi connectivity index (χ2n) is 3.98. The highest BCUT2D eigenvalue weighted by molar-refractivity contribution is 7.11. The molecule has 5 heteroatoms. The molecule has 2 heterocycles. The molecule has 0 saturated carbocycles. The van der Waals surface area contributed by atoms with Gasteiger partial charge >= 0.3 is 0 Å². The molecule has 0 amide bonds. The molecule has 1 N–H and O–H groups in total. The number of hydrogen-bond donors (Lipinski definition) is 1. The van der Waals surface area contributed by atoms with Crippen molar-refractivity contribution >= 4 is 11.3 Å². The maximum Gasteiger partial charge on any atom is 0.107 e. The predicted molar refractivity (Wildman–Crippen MR) is 63.7 cm³/mol. The van der Waals surface area contributed by atoms with Gasteiger partial charge in [0.1, 0.15) is 5.01 Å². The molecule has 1 saturated heterocycles. The molecule has 1 aliphatic heterocycles. The van der Waals surface area contributed by atoms with Gasteiger partial charge in [0.2, 0.25) is 0 Å². The fraction of sp³-hybridized carbons (Fsp3) is 0.727. The third kappa shape index (κ3) is 3.01. The molecule has 16 heavy (non-hydrogen) atoms. The van der Waals surface area contributed by atoms with Crippen LogP contribution in [0.15, 0.2) is 0 Å². The van der Waals surface area contributed by atoms with Gasteiger partial charge in [0.25, 0.3) is 0 Å². The lowest BCUT2D eigenvalue weighted by molar-refractivity contribution is 0.0341. The summed E-state index contributed by atoms with van der Waals surface area (Å²) in [6.45, 7) is 6.79. The van der Waals surface area contributed by atoms with Crippen LogP contribution in [0.5, 0.6) is 0 Å². The fourth-order valence-electron chi connectivity index (χ4n) is 1.84. The maximum absolute atomic E-state index is 8.93. The summed E-state index contributed by atoms with van der Waals surface area (Å²) in [5.74, 6) is 0. The number of rotatable bonds is 4. The summed E-state index contributed by atoms with van der Waals surface area (Å²) in [4.78, 5) is 8.13. The van der Waals surface area contributed by atoms with Crippen molar-refractivity contribution < 1.29 is 9.84 Å². The lowest BCUT2D eigenvalue weighted by Crippen LogP contribution is -2.35. The predicted octanol–water partition coefficient (Wildman–Crippen LogP) is 0.819. The van der Waals surface area contributed by atoms with Crippen molar-refractivity contribution in [2.24, 2.45) is 0 Å². The fourth-order valence-corrected chi connectivity index (χ4v) is 2.94. The van der Waals surface area contributed by atoms with Gasteiger partial charge in [-0.15, -0.1) is 11.3 Å². The van der Waals surface area contributed by atoms with Crippen LogP contribution in [-0.4, -0.2) is 47.9 Å². The molecule has 0 aliphatic carbocycles. The number of ether oxygens (including phenoxy) is 1. The Kier molecular flexibility index (Phi) is 4.29. The van der Waals surface area contributed by atoms with Gasteiger partial charge in [-0.1, -0.05) is 0 Å². The van der Waals surface area contributed by atoms with E-state index < -0.39 is 0 Å². The highest BCUT2D eigenvalue weighted by Gasteiger charge is 2.14. The lowest BCUT2D eigenvalue weighted by Gasteiger charge is -2.25. The van der Waals surface area contributed by atoms with E-state index in [-0.39, 0.29) is 6.61 Å². The van der Waals surface area contributed by atoms with Crippen molar-refractivity contribution in [1.29, 1.82) is 0 Å². The molecule has 1 fully saturated rings. The quantitative estimate of drug-likeness (QED) is 0.849. The molecule has 0 spiro atoms. The molecule has 90 valence electrons. The summed E-state index contributed by atoms with van der Waals surface area (Å²) >= 11 is 1.72. The monoisotopic (exact) mass is 242 g/mol. The zero-order valence-electron chi connectivity index (χ0n) is 9.61. The van der Waals surface area contributed by atoms with E-state index in [1.165, 1.54) is 4.88 Å².